The quantitative estimate of drug-likeness (QED) is 0.699. The molecule has 2 N–H and O–H groups in total. The number of aliphatic hydroxyl groups is 1. The molecule has 84 valence electrons. The number of thioether (sulfide) groups is 1. The Labute approximate surface area is 95.3 Å². The second-order valence-electron chi connectivity index (χ2n) is 3.21. The summed E-state index contributed by atoms with van der Waals surface area (Å²) >= 11 is 1.84. The Balaban J connectivity index is 2.36. The number of rotatable bonds is 7. The topological polar surface area (TPSA) is 45.1 Å². The van der Waals surface area contributed by atoms with Gasteiger partial charge in [0.05, 0.1) is 0 Å². The monoisotopic (exact) mass is 226 g/mol. The van der Waals surface area contributed by atoms with Crippen molar-refractivity contribution < 1.29 is 5.11 Å². The lowest BCUT2D eigenvalue weighted by Crippen LogP contribution is -1.99. The Hall–Kier alpha value is -0.740. The maximum Gasteiger partial charge on any atom is 0.126 e. The average molecular weight is 226 g/mol. The molecule has 1 rings (SSSR count). The highest BCUT2D eigenvalue weighted by Crippen LogP contribution is 2.14. The zero-order valence-corrected chi connectivity index (χ0v) is 9.89. The van der Waals surface area contributed by atoms with E-state index in [1.807, 2.05) is 24.0 Å². The molecule has 0 saturated carbocycles. The molecular formula is C11H18N2OS. The first-order valence-electron chi connectivity index (χ1n) is 5.24. The van der Waals surface area contributed by atoms with Crippen LogP contribution in [0.1, 0.15) is 18.9 Å². The Kier molecular flexibility index (Phi) is 6.20. The van der Waals surface area contributed by atoms with E-state index in [0.717, 1.165) is 30.3 Å². The van der Waals surface area contributed by atoms with Gasteiger partial charge >= 0.3 is 0 Å². The Morgan fingerprint density at radius 2 is 2.40 bits per heavy atom. The Morgan fingerprint density at radius 3 is 3.13 bits per heavy atom. The molecule has 1 aromatic heterocycles. The number of aromatic nitrogens is 1. The summed E-state index contributed by atoms with van der Waals surface area (Å²) in [6.07, 6.45) is 2.70. The highest BCUT2D eigenvalue weighted by Gasteiger charge is 1.96. The number of hydrogen-bond donors (Lipinski definition) is 2. The second-order valence-corrected chi connectivity index (χ2v) is 4.31. The van der Waals surface area contributed by atoms with Crippen molar-refractivity contribution in [3.63, 3.8) is 0 Å². The third-order valence-electron chi connectivity index (χ3n) is 1.90. The van der Waals surface area contributed by atoms with Gasteiger partial charge in [0, 0.05) is 25.1 Å². The fourth-order valence-corrected chi connectivity index (χ4v) is 2.09. The standard InChI is InChI=1S/C11H18N2OS/c1-2-12-11-8-10(4-5-13-11)9-15-7-3-6-14/h4-5,8,14H,2-3,6-7,9H2,1H3,(H,12,13). The van der Waals surface area contributed by atoms with Crippen molar-refractivity contribution in [2.45, 2.75) is 19.1 Å². The maximum absolute atomic E-state index is 8.64. The molecule has 0 atom stereocenters. The zero-order valence-electron chi connectivity index (χ0n) is 9.07. The summed E-state index contributed by atoms with van der Waals surface area (Å²) in [5.74, 6) is 2.94. The van der Waals surface area contributed by atoms with Crippen LogP contribution >= 0.6 is 11.8 Å². The minimum Gasteiger partial charge on any atom is -0.396 e. The van der Waals surface area contributed by atoms with Gasteiger partial charge in [0.2, 0.25) is 0 Å². The van der Waals surface area contributed by atoms with Crippen LogP contribution in [0.4, 0.5) is 5.82 Å². The van der Waals surface area contributed by atoms with E-state index >= 15 is 0 Å². The van der Waals surface area contributed by atoms with Gasteiger partial charge in [0.1, 0.15) is 5.82 Å². The van der Waals surface area contributed by atoms with E-state index in [1.165, 1.54) is 5.56 Å². The molecule has 0 unspecified atom stereocenters. The van der Waals surface area contributed by atoms with Crippen molar-refractivity contribution in [1.82, 2.24) is 4.98 Å². The molecule has 3 nitrogen and oxygen atoms in total. The van der Waals surface area contributed by atoms with Gasteiger partial charge in [-0.2, -0.15) is 11.8 Å². The first kappa shape index (κ1) is 12.3. The zero-order chi connectivity index (χ0) is 10.9. The molecule has 4 heteroatoms. The van der Waals surface area contributed by atoms with Crippen LogP contribution in [-0.4, -0.2) is 29.0 Å². The molecule has 0 radical (unpaired) electrons. The normalized spacial score (nSPS) is 10.3. The summed E-state index contributed by atoms with van der Waals surface area (Å²) in [5, 5.41) is 11.8. The summed E-state index contributed by atoms with van der Waals surface area (Å²) in [7, 11) is 0. The highest BCUT2D eigenvalue weighted by atomic mass is 32.2. The van der Waals surface area contributed by atoms with E-state index in [0.29, 0.717) is 0 Å². The first-order valence-corrected chi connectivity index (χ1v) is 6.39. The molecule has 0 saturated heterocycles. The molecule has 0 bridgehead atoms. The molecule has 1 heterocycles. The van der Waals surface area contributed by atoms with E-state index in [2.05, 4.69) is 23.3 Å². The Bertz CT molecular complexity index is 281. The van der Waals surface area contributed by atoms with Gasteiger partial charge in [-0.3, -0.25) is 0 Å². The summed E-state index contributed by atoms with van der Waals surface area (Å²) in [6, 6.07) is 4.11. The van der Waals surface area contributed by atoms with Crippen LogP contribution in [0.15, 0.2) is 18.3 Å². The van der Waals surface area contributed by atoms with Crippen LogP contribution in [0.5, 0.6) is 0 Å². The number of hydrogen-bond acceptors (Lipinski definition) is 4. The average Bonchev–Trinajstić information content (AvgIpc) is 2.26. The van der Waals surface area contributed by atoms with Crippen LogP contribution in [0.2, 0.25) is 0 Å². The summed E-state index contributed by atoms with van der Waals surface area (Å²) in [6.45, 7) is 3.24. The molecule has 0 aromatic carbocycles. The van der Waals surface area contributed by atoms with Crippen molar-refractivity contribution in [3.8, 4) is 0 Å². The number of nitrogens with zero attached hydrogens (tertiary/aromatic N) is 1. The number of nitrogens with one attached hydrogen (secondary N) is 1. The second kappa shape index (κ2) is 7.54. The fourth-order valence-electron chi connectivity index (χ4n) is 1.20. The maximum atomic E-state index is 8.64. The molecule has 1 aromatic rings. The molecular weight excluding hydrogens is 208 g/mol. The van der Waals surface area contributed by atoms with Crippen LogP contribution in [0.3, 0.4) is 0 Å². The molecule has 0 aliphatic rings. The summed E-state index contributed by atoms with van der Waals surface area (Å²) < 4.78 is 0. The van der Waals surface area contributed by atoms with Crippen molar-refractivity contribution in [2.75, 3.05) is 24.2 Å². The van der Waals surface area contributed by atoms with Crippen molar-refractivity contribution in [1.29, 1.82) is 0 Å². The lowest BCUT2D eigenvalue weighted by molar-refractivity contribution is 0.296. The van der Waals surface area contributed by atoms with Crippen molar-refractivity contribution >= 4 is 17.6 Å². The molecule has 0 aliphatic carbocycles. The van der Waals surface area contributed by atoms with E-state index in [-0.39, 0.29) is 6.61 Å². The largest absolute Gasteiger partial charge is 0.396 e. The third-order valence-corrected chi connectivity index (χ3v) is 3.01. The number of pyridine rings is 1. The van der Waals surface area contributed by atoms with Crippen LogP contribution in [-0.2, 0) is 5.75 Å². The summed E-state index contributed by atoms with van der Waals surface area (Å²) in [4.78, 5) is 4.21. The van der Waals surface area contributed by atoms with Gasteiger partial charge in [-0.05, 0) is 36.8 Å². The predicted molar refractivity (Wildman–Crippen MR) is 66.3 cm³/mol. The minimum absolute atomic E-state index is 0.284. The molecule has 0 fully saturated rings. The smallest absolute Gasteiger partial charge is 0.126 e. The summed E-state index contributed by atoms with van der Waals surface area (Å²) in [5.41, 5.74) is 1.28. The number of anilines is 1. The predicted octanol–water partition coefficient (Wildman–Crippen LogP) is 2.13. The van der Waals surface area contributed by atoms with E-state index in [1.54, 1.807) is 0 Å². The molecule has 0 spiro atoms. The van der Waals surface area contributed by atoms with Crippen LogP contribution in [0, 0.1) is 0 Å². The van der Waals surface area contributed by atoms with Gasteiger partial charge in [-0.25, -0.2) is 4.98 Å². The van der Waals surface area contributed by atoms with E-state index in [9.17, 15) is 0 Å². The first-order chi connectivity index (χ1) is 7.36. The molecule has 0 amide bonds. The lowest BCUT2D eigenvalue weighted by atomic mass is 10.3. The van der Waals surface area contributed by atoms with Gasteiger partial charge < -0.3 is 10.4 Å². The third kappa shape index (κ3) is 5.04. The van der Waals surface area contributed by atoms with E-state index < -0.39 is 0 Å². The highest BCUT2D eigenvalue weighted by molar-refractivity contribution is 7.98. The SMILES string of the molecule is CCNc1cc(CSCCCO)ccn1. The van der Waals surface area contributed by atoms with Crippen molar-refractivity contribution in [3.05, 3.63) is 23.9 Å². The van der Waals surface area contributed by atoms with Crippen molar-refractivity contribution in [2.24, 2.45) is 0 Å². The van der Waals surface area contributed by atoms with Gasteiger partial charge in [-0.15, -0.1) is 0 Å². The van der Waals surface area contributed by atoms with E-state index in [4.69, 9.17) is 5.11 Å². The van der Waals surface area contributed by atoms with Crippen LogP contribution < -0.4 is 5.32 Å². The van der Waals surface area contributed by atoms with Gasteiger partial charge in [0.25, 0.3) is 0 Å². The fraction of sp³-hybridized carbons (Fsp3) is 0.545. The lowest BCUT2D eigenvalue weighted by Gasteiger charge is -2.05. The van der Waals surface area contributed by atoms with Crippen LogP contribution in [0.25, 0.3) is 0 Å². The Morgan fingerprint density at radius 1 is 1.53 bits per heavy atom. The molecule has 15 heavy (non-hydrogen) atoms. The number of aliphatic hydroxyl groups excluding tert-OH is 1. The van der Waals surface area contributed by atoms with Gasteiger partial charge in [-0.1, -0.05) is 0 Å². The van der Waals surface area contributed by atoms with Gasteiger partial charge in [0.15, 0.2) is 0 Å². The molecule has 0 aliphatic heterocycles. The minimum atomic E-state index is 0.284.